The highest BCUT2D eigenvalue weighted by atomic mass is 79.9. The van der Waals surface area contributed by atoms with Crippen molar-refractivity contribution < 1.29 is 9.59 Å². The van der Waals surface area contributed by atoms with E-state index in [4.69, 9.17) is 0 Å². The van der Waals surface area contributed by atoms with Gasteiger partial charge in [0.2, 0.25) is 5.91 Å². The Morgan fingerprint density at radius 2 is 1.65 bits per heavy atom. The van der Waals surface area contributed by atoms with Gasteiger partial charge >= 0.3 is 0 Å². The third-order valence-electron chi connectivity index (χ3n) is 3.89. The predicted octanol–water partition coefficient (Wildman–Crippen LogP) is 3.95. The van der Waals surface area contributed by atoms with Gasteiger partial charge in [0.1, 0.15) is 0 Å². The number of aromatic nitrogens is 1. The average molecular weight is 412 g/mol. The molecule has 1 heterocycles. The van der Waals surface area contributed by atoms with Crippen molar-refractivity contribution in [2.75, 3.05) is 18.9 Å². The molecular formula is C20H18BrN3O2. The topological polar surface area (TPSA) is 54.3 Å². The molecule has 3 aromatic rings. The van der Waals surface area contributed by atoms with Gasteiger partial charge in [0.05, 0.1) is 12.2 Å². The van der Waals surface area contributed by atoms with Gasteiger partial charge in [-0.2, -0.15) is 0 Å². The summed E-state index contributed by atoms with van der Waals surface area (Å²) in [6.45, 7) is -0.0283. The molecule has 6 heteroatoms. The Balaban J connectivity index is 1.62. The first-order valence-electron chi connectivity index (χ1n) is 8.08. The zero-order chi connectivity index (χ0) is 18.5. The van der Waals surface area contributed by atoms with Crippen molar-refractivity contribution in [3.05, 3.63) is 83.1 Å². The van der Waals surface area contributed by atoms with Crippen LogP contribution >= 0.6 is 15.9 Å². The second-order valence-corrected chi connectivity index (χ2v) is 6.68. The van der Waals surface area contributed by atoms with E-state index < -0.39 is 0 Å². The van der Waals surface area contributed by atoms with Crippen molar-refractivity contribution in [3.8, 4) is 5.69 Å². The van der Waals surface area contributed by atoms with E-state index in [1.807, 2.05) is 59.4 Å². The summed E-state index contributed by atoms with van der Waals surface area (Å²) in [5.74, 6) is -0.456. The first-order chi connectivity index (χ1) is 12.5. The second-order valence-electron chi connectivity index (χ2n) is 5.83. The van der Waals surface area contributed by atoms with Crippen LogP contribution in [0.2, 0.25) is 0 Å². The van der Waals surface area contributed by atoms with Gasteiger partial charge in [0.25, 0.3) is 5.91 Å². The average Bonchev–Trinajstić information content (AvgIpc) is 3.18. The normalized spacial score (nSPS) is 10.4. The van der Waals surface area contributed by atoms with Gasteiger partial charge in [-0.25, -0.2) is 0 Å². The number of nitrogens with zero attached hydrogens (tertiary/aromatic N) is 2. The monoisotopic (exact) mass is 411 g/mol. The molecule has 0 saturated heterocycles. The van der Waals surface area contributed by atoms with E-state index in [0.29, 0.717) is 11.3 Å². The number of benzene rings is 2. The minimum Gasteiger partial charge on any atom is -0.332 e. The van der Waals surface area contributed by atoms with Gasteiger partial charge < -0.3 is 14.8 Å². The number of nitrogens with one attached hydrogen (secondary N) is 1. The zero-order valence-electron chi connectivity index (χ0n) is 14.2. The van der Waals surface area contributed by atoms with Crippen LogP contribution in [0, 0.1) is 0 Å². The quantitative estimate of drug-likeness (QED) is 0.690. The lowest BCUT2D eigenvalue weighted by atomic mass is 10.2. The molecule has 2 amide bonds. The van der Waals surface area contributed by atoms with E-state index in [9.17, 15) is 9.59 Å². The number of halogens is 1. The van der Waals surface area contributed by atoms with Gasteiger partial charge in [0, 0.05) is 35.2 Å². The van der Waals surface area contributed by atoms with Gasteiger partial charge in [-0.15, -0.1) is 0 Å². The number of carbonyl (C=O) groups excluding carboxylic acids is 2. The number of para-hydroxylation sites is 1. The molecule has 26 heavy (non-hydrogen) atoms. The summed E-state index contributed by atoms with van der Waals surface area (Å²) in [4.78, 5) is 26.1. The molecule has 0 unspecified atom stereocenters. The Morgan fingerprint density at radius 3 is 2.31 bits per heavy atom. The van der Waals surface area contributed by atoms with E-state index >= 15 is 0 Å². The van der Waals surface area contributed by atoms with Gasteiger partial charge in [-0.3, -0.25) is 9.59 Å². The van der Waals surface area contributed by atoms with Crippen molar-refractivity contribution in [2.45, 2.75) is 0 Å². The number of hydrogen-bond acceptors (Lipinski definition) is 2. The fourth-order valence-corrected chi connectivity index (χ4v) is 2.93. The molecule has 132 valence electrons. The van der Waals surface area contributed by atoms with Crippen LogP contribution in [0.1, 0.15) is 10.4 Å². The lowest BCUT2D eigenvalue weighted by Gasteiger charge is -2.17. The van der Waals surface area contributed by atoms with Crippen molar-refractivity contribution in [1.29, 1.82) is 0 Å². The molecule has 5 nitrogen and oxygen atoms in total. The van der Waals surface area contributed by atoms with E-state index in [1.165, 1.54) is 4.90 Å². The smallest absolute Gasteiger partial charge is 0.254 e. The molecule has 0 saturated carbocycles. The summed E-state index contributed by atoms with van der Waals surface area (Å²) < 4.78 is 2.76. The summed E-state index contributed by atoms with van der Waals surface area (Å²) in [6.07, 6.45) is 3.88. The summed E-state index contributed by atoms with van der Waals surface area (Å²) in [6, 6.07) is 18.5. The van der Waals surface area contributed by atoms with Crippen LogP contribution in [0.4, 0.5) is 5.69 Å². The number of carbonyl (C=O) groups is 2. The molecule has 3 rings (SSSR count). The summed E-state index contributed by atoms with van der Waals surface area (Å²) in [5.41, 5.74) is 2.19. The number of rotatable bonds is 5. The fourth-order valence-electron chi connectivity index (χ4n) is 2.54. The van der Waals surface area contributed by atoms with Crippen LogP contribution in [-0.2, 0) is 4.79 Å². The van der Waals surface area contributed by atoms with E-state index in [-0.39, 0.29) is 18.4 Å². The van der Waals surface area contributed by atoms with Crippen molar-refractivity contribution >= 4 is 33.4 Å². The van der Waals surface area contributed by atoms with Crippen LogP contribution in [0.25, 0.3) is 5.69 Å². The van der Waals surface area contributed by atoms with Crippen molar-refractivity contribution in [2.24, 2.45) is 0 Å². The molecule has 2 aromatic carbocycles. The highest BCUT2D eigenvalue weighted by Crippen LogP contribution is 2.21. The molecule has 0 fully saturated rings. The van der Waals surface area contributed by atoms with E-state index in [2.05, 4.69) is 21.2 Å². The Bertz CT molecular complexity index is 905. The highest BCUT2D eigenvalue weighted by Gasteiger charge is 2.15. The van der Waals surface area contributed by atoms with Gasteiger partial charge in [0.15, 0.2) is 0 Å². The standard InChI is InChI=1S/C20H18BrN3O2/c1-23(14-19(25)22-18-7-3-2-6-17(18)21)20(26)15-8-10-16(11-9-15)24-12-4-5-13-24/h2-13H,14H2,1H3,(H,22,25). The Hall–Kier alpha value is -2.86. The van der Waals surface area contributed by atoms with Crippen LogP contribution in [-0.4, -0.2) is 34.9 Å². The van der Waals surface area contributed by atoms with Crippen LogP contribution in [0.5, 0.6) is 0 Å². The largest absolute Gasteiger partial charge is 0.332 e. The summed E-state index contributed by atoms with van der Waals surface area (Å²) >= 11 is 3.38. The minimum absolute atomic E-state index is 0.0283. The first kappa shape index (κ1) is 17.9. The van der Waals surface area contributed by atoms with Gasteiger partial charge in [-0.05, 0) is 64.5 Å². The zero-order valence-corrected chi connectivity index (χ0v) is 15.8. The van der Waals surface area contributed by atoms with Crippen molar-refractivity contribution in [1.82, 2.24) is 9.47 Å². The van der Waals surface area contributed by atoms with Crippen molar-refractivity contribution in [3.63, 3.8) is 0 Å². The maximum Gasteiger partial charge on any atom is 0.254 e. The summed E-state index contributed by atoms with van der Waals surface area (Å²) in [5, 5.41) is 2.79. The highest BCUT2D eigenvalue weighted by molar-refractivity contribution is 9.10. The molecule has 0 aliphatic rings. The molecule has 0 spiro atoms. The third kappa shape index (κ3) is 4.21. The maximum absolute atomic E-state index is 12.5. The third-order valence-corrected chi connectivity index (χ3v) is 4.58. The Kier molecular flexibility index (Phi) is 5.53. The first-order valence-corrected chi connectivity index (χ1v) is 8.87. The maximum atomic E-state index is 12.5. The lowest BCUT2D eigenvalue weighted by Crippen LogP contribution is -2.35. The Labute approximate surface area is 160 Å². The molecule has 0 aliphatic heterocycles. The lowest BCUT2D eigenvalue weighted by molar-refractivity contribution is -0.116. The molecule has 1 aromatic heterocycles. The van der Waals surface area contributed by atoms with E-state index in [1.54, 1.807) is 25.2 Å². The van der Waals surface area contributed by atoms with Crippen LogP contribution in [0.3, 0.4) is 0 Å². The number of amides is 2. The molecule has 0 radical (unpaired) electrons. The SMILES string of the molecule is CN(CC(=O)Nc1ccccc1Br)C(=O)c1ccc(-n2cccc2)cc1. The molecule has 0 atom stereocenters. The molecular weight excluding hydrogens is 394 g/mol. The number of hydrogen-bond donors (Lipinski definition) is 1. The van der Waals surface area contributed by atoms with Gasteiger partial charge in [-0.1, -0.05) is 12.1 Å². The molecule has 0 bridgehead atoms. The molecule has 0 aliphatic carbocycles. The second kappa shape index (κ2) is 8.01. The number of anilines is 1. The predicted molar refractivity (Wildman–Crippen MR) is 106 cm³/mol. The minimum atomic E-state index is -0.253. The van der Waals surface area contributed by atoms with Crippen LogP contribution < -0.4 is 5.32 Å². The number of likely N-dealkylation sites (N-methyl/N-ethyl adjacent to an activating group) is 1. The van der Waals surface area contributed by atoms with E-state index in [0.717, 1.165) is 10.2 Å². The fraction of sp³-hybridized carbons (Fsp3) is 0.100. The van der Waals surface area contributed by atoms with Crippen LogP contribution in [0.15, 0.2) is 77.5 Å². The summed E-state index contributed by atoms with van der Waals surface area (Å²) in [7, 11) is 1.61. The Morgan fingerprint density at radius 1 is 1.00 bits per heavy atom. The molecule has 1 N–H and O–H groups in total.